The Bertz CT molecular complexity index is 870. The third kappa shape index (κ3) is 8.40. The van der Waals surface area contributed by atoms with E-state index >= 15 is 0 Å². The van der Waals surface area contributed by atoms with Crippen molar-refractivity contribution in [1.29, 1.82) is 0 Å². The van der Waals surface area contributed by atoms with Gasteiger partial charge in [-0.15, -0.1) is 11.8 Å². The monoisotopic (exact) mass is 418 g/mol. The second-order valence-corrected chi connectivity index (χ2v) is 10.1. The predicted octanol–water partition coefficient (Wildman–Crippen LogP) is 9.26. The molecule has 1 aliphatic carbocycles. The lowest BCUT2D eigenvalue weighted by Gasteiger charge is -2.32. The van der Waals surface area contributed by atoms with Crippen LogP contribution in [0.4, 0.5) is 0 Å². The van der Waals surface area contributed by atoms with Crippen LogP contribution in [0.3, 0.4) is 0 Å². The van der Waals surface area contributed by atoms with Gasteiger partial charge in [-0.3, -0.25) is 0 Å². The van der Waals surface area contributed by atoms with Gasteiger partial charge in [0.15, 0.2) is 0 Å². The topological polar surface area (TPSA) is 0 Å². The van der Waals surface area contributed by atoms with Crippen molar-refractivity contribution < 1.29 is 0 Å². The van der Waals surface area contributed by atoms with E-state index in [4.69, 9.17) is 0 Å². The molecule has 0 amide bonds. The fourth-order valence-electron chi connectivity index (χ4n) is 3.72. The first-order chi connectivity index (χ1) is 14.3. The predicted molar refractivity (Wildman–Crippen MR) is 137 cm³/mol. The van der Waals surface area contributed by atoms with E-state index in [2.05, 4.69) is 114 Å². The molecule has 1 heteroatoms. The largest absolute Gasteiger partial charge is 0.122 e. The minimum absolute atomic E-state index is 0.303. The molecule has 0 saturated carbocycles. The molecule has 30 heavy (non-hydrogen) atoms. The van der Waals surface area contributed by atoms with Gasteiger partial charge in [-0.25, -0.2) is 0 Å². The van der Waals surface area contributed by atoms with Crippen LogP contribution in [0.25, 0.3) is 0 Å². The molecule has 0 saturated heterocycles. The van der Waals surface area contributed by atoms with Crippen molar-refractivity contribution in [3.63, 3.8) is 0 Å². The number of allylic oxidation sites excluding steroid dienone is 11. The number of rotatable bonds is 8. The van der Waals surface area contributed by atoms with E-state index < -0.39 is 0 Å². The van der Waals surface area contributed by atoms with Crippen molar-refractivity contribution in [2.24, 2.45) is 5.41 Å². The molecule has 1 aromatic carbocycles. The third-order valence-corrected chi connectivity index (χ3v) is 6.82. The lowest BCUT2D eigenvalue weighted by Crippen LogP contribution is -2.19. The first-order valence-corrected chi connectivity index (χ1v) is 12.0. The molecule has 0 unspecified atom stereocenters. The average molecular weight is 419 g/mol. The summed E-state index contributed by atoms with van der Waals surface area (Å²) in [5.74, 6) is 1.02. The summed E-state index contributed by atoms with van der Waals surface area (Å²) in [6, 6.07) is 10.6. The van der Waals surface area contributed by atoms with Crippen molar-refractivity contribution >= 4 is 11.8 Å². The van der Waals surface area contributed by atoms with Crippen LogP contribution in [0.2, 0.25) is 0 Å². The minimum Gasteiger partial charge on any atom is -0.122 e. The maximum Gasteiger partial charge on any atom is 0.0191 e. The molecule has 0 aromatic heterocycles. The molecule has 0 fully saturated rings. The zero-order chi connectivity index (χ0) is 22.0. The molecule has 0 heterocycles. The van der Waals surface area contributed by atoms with Crippen LogP contribution in [0.15, 0.2) is 106 Å². The summed E-state index contributed by atoms with van der Waals surface area (Å²) in [6.45, 7) is 13.6. The Kier molecular flexibility index (Phi) is 9.72. The molecule has 0 atom stereocenters. The van der Waals surface area contributed by atoms with E-state index in [-0.39, 0.29) is 0 Å². The summed E-state index contributed by atoms with van der Waals surface area (Å²) in [7, 11) is 0. The Labute approximate surface area is 189 Å². The maximum atomic E-state index is 2.37. The standard InChI is InChI=1S/C29H38S/c1-23(17-18-25(3)22-30-27-15-8-7-9-16-27)12-10-13-24(2)19-20-28-26(4)14-11-21-29(28,5)6/h7-10,12-13,15-20H,11,14,21-22H2,1-6H3. The summed E-state index contributed by atoms with van der Waals surface area (Å²) >= 11 is 1.88. The zero-order valence-corrected chi connectivity index (χ0v) is 20.5. The van der Waals surface area contributed by atoms with Crippen LogP contribution in [0.1, 0.15) is 60.8 Å². The van der Waals surface area contributed by atoms with Crippen molar-refractivity contribution in [3.05, 3.63) is 101 Å². The maximum absolute atomic E-state index is 2.37. The zero-order valence-electron chi connectivity index (χ0n) is 19.7. The molecule has 0 aliphatic heterocycles. The first-order valence-electron chi connectivity index (χ1n) is 11.0. The normalized spacial score (nSPS) is 18.7. The van der Waals surface area contributed by atoms with Crippen molar-refractivity contribution in [2.75, 3.05) is 5.75 Å². The Balaban J connectivity index is 1.90. The van der Waals surface area contributed by atoms with E-state index in [1.165, 1.54) is 46.5 Å². The third-order valence-electron chi connectivity index (χ3n) is 5.61. The number of thioether (sulfide) groups is 1. The molecule has 0 N–H and O–H groups in total. The Morgan fingerprint density at radius 3 is 2.37 bits per heavy atom. The Morgan fingerprint density at radius 1 is 0.967 bits per heavy atom. The molecule has 160 valence electrons. The van der Waals surface area contributed by atoms with Gasteiger partial charge in [-0.1, -0.05) is 96.9 Å². The fourth-order valence-corrected chi connectivity index (χ4v) is 4.56. The lowest BCUT2D eigenvalue weighted by atomic mass is 9.72. The molecule has 0 spiro atoms. The van der Waals surface area contributed by atoms with Crippen LogP contribution in [-0.4, -0.2) is 5.75 Å². The van der Waals surface area contributed by atoms with Crippen LogP contribution < -0.4 is 0 Å². The highest BCUT2D eigenvalue weighted by Gasteiger charge is 2.26. The average Bonchev–Trinajstić information content (AvgIpc) is 2.70. The summed E-state index contributed by atoms with van der Waals surface area (Å²) in [6.07, 6.45) is 19.4. The van der Waals surface area contributed by atoms with Crippen molar-refractivity contribution in [1.82, 2.24) is 0 Å². The molecular formula is C29H38S. The molecule has 0 bridgehead atoms. The Hall–Kier alpha value is -1.99. The minimum atomic E-state index is 0.303. The van der Waals surface area contributed by atoms with E-state index in [1.54, 1.807) is 5.57 Å². The second-order valence-electron chi connectivity index (χ2n) is 9.06. The van der Waals surface area contributed by atoms with E-state index in [0.717, 1.165) is 5.75 Å². The van der Waals surface area contributed by atoms with Crippen molar-refractivity contribution in [2.45, 2.75) is 65.7 Å². The molecular weight excluding hydrogens is 380 g/mol. The van der Waals surface area contributed by atoms with E-state index in [1.807, 2.05) is 11.8 Å². The molecule has 2 rings (SSSR count). The van der Waals surface area contributed by atoms with Gasteiger partial charge in [-0.05, 0) is 70.1 Å². The highest BCUT2D eigenvalue weighted by atomic mass is 32.2. The van der Waals surface area contributed by atoms with Gasteiger partial charge < -0.3 is 0 Å². The highest BCUT2D eigenvalue weighted by molar-refractivity contribution is 7.99. The smallest absolute Gasteiger partial charge is 0.0191 e. The first kappa shape index (κ1) is 24.3. The van der Waals surface area contributed by atoms with Gasteiger partial charge in [0.1, 0.15) is 0 Å². The molecule has 0 radical (unpaired) electrons. The van der Waals surface area contributed by atoms with Crippen LogP contribution in [-0.2, 0) is 0 Å². The molecule has 1 aliphatic rings. The highest BCUT2D eigenvalue weighted by Crippen LogP contribution is 2.40. The van der Waals surface area contributed by atoms with Gasteiger partial charge in [0.25, 0.3) is 0 Å². The second kappa shape index (κ2) is 12.0. The van der Waals surface area contributed by atoms with Gasteiger partial charge >= 0.3 is 0 Å². The van der Waals surface area contributed by atoms with E-state index in [0.29, 0.717) is 5.41 Å². The van der Waals surface area contributed by atoms with Crippen LogP contribution >= 0.6 is 11.8 Å². The summed E-state index contributed by atoms with van der Waals surface area (Å²) in [4.78, 5) is 1.32. The summed E-state index contributed by atoms with van der Waals surface area (Å²) in [5.41, 5.74) is 7.31. The van der Waals surface area contributed by atoms with Gasteiger partial charge in [0, 0.05) is 10.6 Å². The van der Waals surface area contributed by atoms with E-state index in [9.17, 15) is 0 Å². The van der Waals surface area contributed by atoms with Crippen LogP contribution in [0.5, 0.6) is 0 Å². The van der Waals surface area contributed by atoms with Crippen LogP contribution in [0, 0.1) is 5.41 Å². The van der Waals surface area contributed by atoms with Gasteiger partial charge in [0.05, 0.1) is 0 Å². The summed E-state index contributed by atoms with van der Waals surface area (Å²) < 4.78 is 0. The quantitative estimate of drug-likeness (QED) is 0.299. The number of hydrogen-bond acceptors (Lipinski definition) is 1. The Morgan fingerprint density at radius 2 is 1.67 bits per heavy atom. The SMILES string of the molecule is CC(C=CC1=C(C)CCCC1(C)C)=CC=CC(C)=CC=C(C)CSc1ccccc1. The molecule has 1 aromatic rings. The number of hydrogen-bond donors (Lipinski definition) is 0. The number of benzene rings is 1. The van der Waals surface area contributed by atoms with Gasteiger partial charge in [0.2, 0.25) is 0 Å². The summed E-state index contributed by atoms with van der Waals surface area (Å²) in [5, 5.41) is 0. The van der Waals surface area contributed by atoms with Crippen molar-refractivity contribution in [3.8, 4) is 0 Å². The van der Waals surface area contributed by atoms with Gasteiger partial charge in [-0.2, -0.15) is 0 Å². The lowest BCUT2D eigenvalue weighted by molar-refractivity contribution is 0.377. The fraction of sp³-hybridized carbons (Fsp3) is 0.379. The molecule has 0 nitrogen and oxygen atoms in total.